The van der Waals surface area contributed by atoms with E-state index < -0.39 is 0 Å². The fourth-order valence-corrected chi connectivity index (χ4v) is 3.12. The monoisotopic (exact) mass is 374 g/mol. The van der Waals surface area contributed by atoms with Gasteiger partial charge in [-0.2, -0.15) is 0 Å². The molecule has 2 heterocycles. The molecule has 2 amide bonds. The molecule has 0 unspecified atom stereocenters. The number of benzene rings is 1. The van der Waals surface area contributed by atoms with Crippen LogP contribution < -0.4 is 11.3 Å². The molecule has 1 aromatic carbocycles. The second-order valence-corrected chi connectivity index (χ2v) is 6.76. The van der Waals surface area contributed by atoms with E-state index in [4.69, 9.17) is 17.3 Å². The summed E-state index contributed by atoms with van der Waals surface area (Å²) < 4.78 is 0. The minimum Gasteiger partial charge on any atom is -0.369 e. The van der Waals surface area contributed by atoms with Crippen LogP contribution in [0.15, 0.2) is 35.3 Å². The smallest absolute Gasteiger partial charge is 0.254 e. The summed E-state index contributed by atoms with van der Waals surface area (Å²) in [6.07, 6.45) is 2.53. The maximum absolute atomic E-state index is 12.4. The summed E-state index contributed by atoms with van der Waals surface area (Å²) in [6, 6.07) is 6.94. The van der Waals surface area contributed by atoms with Crippen LogP contribution in [0.5, 0.6) is 0 Å². The zero-order chi connectivity index (χ0) is 18.7. The van der Waals surface area contributed by atoms with Gasteiger partial charge in [-0.3, -0.25) is 14.4 Å². The first-order valence-corrected chi connectivity index (χ1v) is 8.73. The fraction of sp³-hybridized carbons (Fsp3) is 0.333. The Labute approximate surface area is 155 Å². The number of primary amides is 1. The van der Waals surface area contributed by atoms with Crippen LogP contribution in [0.3, 0.4) is 0 Å². The second kappa shape index (κ2) is 7.70. The van der Waals surface area contributed by atoms with E-state index in [1.807, 2.05) is 0 Å². The number of H-pyrrole nitrogens is 1. The van der Waals surface area contributed by atoms with Crippen LogP contribution in [0, 0.1) is 5.92 Å². The Morgan fingerprint density at radius 1 is 1.23 bits per heavy atom. The highest BCUT2D eigenvalue weighted by Crippen LogP contribution is 2.18. The van der Waals surface area contributed by atoms with Gasteiger partial charge in [0.2, 0.25) is 11.8 Å². The number of aromatic nitrogens is 2. The van der Waals surface area contributed by atoms with Gasteiger partial charge in [0.05, 0.1) is 6.42 Å². The lowest BCUT2D eigenvalue weighted by Gasteiger charge is -2.30. The molecule has 3 rings (SSSR count). The Hall–Kier alpha value is -2.67. The third kappa shape index (κ3) is 4.11. The number of amides is 2. The zero-order valence-electron chi connectivity index (χ0n) is 14.1. The van der Waals surface area contributed by atoms with Gasteiger partial charge in [0.25, 0.3) is 5.56 Å². The molecular formula is C18H19ClN4O3. The number of hydrogen-bond donors (Lipinski definition) is 2. The lowest BCUT2D eigenvalue weighted by atomic mass is 9.96. The van der Waals surface area contributed by atoms with Crippen molar-refractivity contribution in [3.8, 4) is 11.4 Å². The standard InChI is InChI=1S/C18H19ClN4O3/c19-14-3-1-12(2-4-14)17-21-10-13(18(26)22-17)9-15(24)23-7-5-11(6-8-23)16(20)25/h1-4,10-11H,5-9H2,(H2,20,25)(H,21,22,26). The van der Waals surface area contributed by atoms with Crippen molar-refractivity contribution in [3.05, 3.63) is 51.4 Å². The molecule has 1 aliphatic heterocycles. The number of hydrogen-bond acceptors (Lipinski definition) is 4. The summed E-state index contributed by atoms with van der Waals surface area (Å²) in [5.41, 5.74) is 6.00. The normalized spacial score (nSPS) is 15.0. The van der Waals surface area contributed by atoms with Gasteiger partial charge in [-0.25, -0.2) is 4.98 Å². The number of nitrogens with two attached hydrogens (primary N) is 1. The average molecular weight is 375 g/mol. The first-order chi connectivity index (χ1) is 12.4. The molecule has 136 valence electrons. The lowest BCUT2D eigenvalue weighted by molar-refractivity contribution is -0.134. The number of piperidine rings is 1. The summed E-state index contributed by atoms with van der Waals surface area (Å²) in [5.74, 6) is -0.233. The second-order valence-electron chi connectivity index (χ2n) is 6.33. The van der Waals surface area contributed by atoms with Gasteiger partial charge in [0.15, 0.2) is 0 Å². The minimum atomic E-state index is -0.342. The molecule has 1 aliphatic rings. The third-order valence-electron chi connectivity index (χ3n) is 4.58. The summed E-state index contributed by atoms with van der Waals surface area (Å²) >= 11 is 5.85. The highest BCUT2D eigenvalue weighted by molar-refractivity contribution is 6.30. The van der Waals surface area contributed by atoms with Gasteiger partial charge in [-0.05, 0) is 37.1 Å². The molecule has 0 spiro atoms. The van der Waals surface area contributed by atoms with Crippen LogP contribution >= 0.6 is 11.6 Å². The van der Waals surface area contributed by atoms with E-state index in [-0.39, 0.29) is 29.7 Å². The molecule has 7 nitrogen and oxygen atoms in total. The van der Waals surface area contributed by atoms with E-state index in [9.17, 15) is 14.4 Å². The van der Waals surface area contributed by atoms with Crippen molar-refractivity contribution in [2.24, 2.45) is 11.7 Å². The van der Waals surface area contributed by atoms with Gasteiger partial charge < -0.3 is 15.6 Å². The van der Waals surface area contributed by atoms with Gasteiger partial charge in [0.1, 0.15) is 5.82 Å². The Kier molecular flexibility index (Phi) is 5.37. The molecule has 0 saturated carbocycles. The van der Waals surface area contributed by atoms with Gasteiger partial charge in [0, 0.05) is 41.4 Å². The molecule has 1 aromatic heterocycles. The van der Waals surface area contributed by atoms with Crippen molar-refractivity contribution in [1.82, 2.24) is 14.9 Å². The van der Waals surface area contributed by atoms with E-state index in [0.29, 0.717) is 42.3 Å². The van der Waals surface area contributed by atoms with Crippen molar-refractivity contribution in [2.45, 2.75) is 19.3 Å². The predicted octanol–water partition coefficient (Wildman–Crippen LogP) is 1.36. The maximum Gasteiger partial charge on any atom is 0.254 e. The molecule has 0 bridgehead atoms. The fourth-order valence-electron chi connectivity index (χ4n) is 2.99. The summed E-state index contributed by atoms with van der Waals surface area (Å²) in [4.78, 5) is 44.5. The first kappa shape index (κ1) is 18.1. The van der Waals surface area contributed by atoms with Gasteiger partial charge in [-0.15, -0.1) is 0 Å². The van der Waals surface area contributed by atoms with Crippen molar-refractivity contribution in [2.75, 3.05) is 13.1 Å². The van der Waals surface area contributed by atoms with E-state index in [2.05, 4.69) is 9.97 Å². The molecule has 1 fully saturated rings. The number of aromatic amines is 1. The average Bonchev–Trinajstić information content (AvgIpc) is 2.64. The summed E-state index contributed by atoms with van der Waals surface area (Å²) in [6.45, 7) is 0.946. The molecular weight excluding hydrogens is 356 g/mol. The number of carbonyl (C=O) groups is 2. The number of carbonyl (C=O) groups excluding carboxylic acids is 2. The maximum atomic E-state index is 12.4. The van der Waals surface area contributed by atoms with Crippen LogP contribution in [0.4, 0.5) is 0 Å². The number of halogens is 1. The molecule has 1 saturated heterocycles. The predicted molar refractivity (Wildman–Crippen MR) is 97.5 cm³/mol. The number of rotatable bonds is 4. The molecule has 0 atom stereocenters. The molecule has 2 aromatic rings. The Morgan fingerprint density at radius 3 is 2.46 bits per heavy atom. The largest absolute Gasteiger partial charge is 0.369 e. The van der Waals surface area contributed by atoms with Crippen LogP contribution in [-0.2, 0) is 16.0 Å². The van der Waals surface area contributed by atoms with Gasteiger partial charge in [-0.1, -0.05) is 11.6 Å². The third-order valence-corrected chi connectivity index (χ3v) is 4.83. The molecule has 0 radical (unpaired) electrons. The van der Waals surface area contributed by atoms with Crippen molar-refractivity contribution in [1.29, 1.82) is 0 Å². The summed E-state index contributed by atoms with van der Waals surface area (Å²) in [7, 11) is 0. The first-order valence-electron chi connectivity index (χ1n) is 8.35. The molecule has 26 heavy (non-hydrogen) atoms. The van der Waals surface area contributed by atoms with Crippen molar-refractivity contribution < 1.29 is 9.59 Å². The highest BCUT2D eigenvalue weighted by Gasteiger charge is 2.26. The number of nitrogens with one attached hydrogen (secondary N) is 1. The zero-order valence-corrected chi connectivity index (χ0v) is 14.8. The Bertz CT molecular complexity index is 871. The van der Waals surface area contributed by atoms with Crippen molar-refractivity contribution in [3.63, 3.8) is 0 Å². The lowest BCUT2D eigenvalue weighted by Crippen LogP contribution is -2.42. The molecule has 8 heteroatoms. The van der Waals surface area contributed by atoms with Crippen LogP contribution in [0.1, 0.15) is 18.4 Å². The molecule has 0 aliphatic carbocycles. The van der Waals surface area contributed by atoms with Gasteiger partial charge >= 0.3 is 0 Å². The highest BCUT2D eigenvalue weighted by atomic mass is 35.5. The molecule has 3 N–H and O–H groups in total. The van der Waals surface area contributed by atoms with E-state index in [0.717, 1.165) is 5.56 Å². The van der Waals surface area contributed by atoms with Crippen LogP contribution in [0.2, 0.25) is 5.02 Å². The van der Waals surface area contributed by atoms with E-state index in [1.165, 1.54) is 6.20 Å². The summed E-state index contributed by atoms with van der Waals surface area (Å²) in [5, 5.41) is 0.596. The van der Waals surface area contributed by atoms with E-state index >= 15 is 0 Å². The number of nitrogens with zero attached hydrogens (tertiary/aromatic N) is 2. The SMILES string of the molecule is NC(=O)C1CCN(C(=O)Cc2cnc(-c3ccc(Cl)cc3)[nH]c2=O)CC1. The minimum absolute atomic E-state index is 0.0233. The van der Waals surface area contributed by atoms with Crippen LogP contribution in [0.25, 0.3) is 11.4 Å². The van der Waals surface area contributed by atoms with Crippen LogP contribution in [-0.4, -0.2) is 39.8 Å². The number of likely N-dealkylation sites (tertiary alicyclic amines) is 1. The topological polar surface area (TPSA) is 109 Å². The van der Waals surface area contributed by atoms with Crippen molar-refractivity contribution >= 4 is 23.4 Å². The quantitative estimate of drug-likeness (QED) is 0.841. The Balaban J connectivity index is 1.67. The Morgan fingerprint density at radius 2 is 1.88 bits per heavy atom. The van der Waals surface area contributed by atoms with E-state index in [1.54, 1.807) is 29.2 Å².